The van der Waals surface area contributed by atoms with Crippen LogP contribution in [-0.4, -0.2) is 37.1 Å². The van der Waals surface area contributed by atoms with E-state index in [-0.39, 0.29) is 0 Å². The van der Waals surface area contributed by atoms with Gasteiger partial charge >= 0.3 is 0 Å². The topological polar surface area (TPSA) is 15.3 Å². The molecule has 2 atom stereocenters. The van der Waals surface area contributed by atoms with Crippen LogP contribution in [0.15, 0.2) is 0 Å². The van der Waals surface area contributed by atoms with Crippen LogP contribution in [0.1, 0.15) is 33.6 Å². The van der Waals surface area contributed by atoms with Crippen LogP contribution < -0.4 is 5.32 Å². The lowest BCUT2D eigenvalue weighted by Gasteiger charge is -2.16. The zero-order valence-electron chi connectivity index (χ0n) is 9.34. The number of hydrogen-bond donors (Lipinski definition) is 1. The van der Waals surface area contributed by atoms with Crippen LogP contribution in [0.4, 0.5) is 0 Å². The number of nitrogens with one attached hydrogen (secondary N) is 1. The van der Waals surface area contributed by atoms with Crippen molar-refractivity contribution in [3.05, 3.63) is 0 Å². The molecule has 2 heteroatoms. The normalized spacial score (nSPS) is 26.5. The van der Waals surface area contributed by atoms with Crippen molar-refractivity contribution >= 4 is 0 Å². The van der Waals surface area contributed by atoms with E-state index in [1.807, 2.05) is 0 Å². The van der Waals surface area contributed by atoms with Crippen LogP contribution in [-0.2, 0) is 0 Å². The summed E-state index contributed by atoms with van der Waals surface area (Å²) in [6, 6.07) is 0.758. The van der Waals surface area contributed by atoms with Gasteiger partial charge in [0.2, 0.25) is 0 Å². The molecule has 13 heavy (non-hydrogen) atoms. The van der Waals surface area contributed by atoms with Gasteiger partial charge in [0.15, 0.2) is 0 Å². The van der Waals surface area contributed by atoms with Crippen LogP contribution >= 0.6 is 0 Å². The van der Waals surface area contributed by atoms with Crippen LogP contribution in [0.25, 0.3) is 0 Å². The number of likely N-dealkylation sites (N-methyl/N-ethyl adjacent to an activating group) is 1. The van der Waals surface area contributed by atoms with Crippen molar-refractivity contribution in [1.29, 1.82) is 0 Å². The van der Waals surface area contributed by atoms with Crippen LogP contribution in [0.3, 0.4) is 0 Å². The first-order valence-electron chi connectivity index (χ1n) is 5.72. The van der Waals surface area contributed by atoms with Gasteiger partial charge in [-0.3, -0.25) is 0 Å². The lowest BCUT2D eigenvalue weighted by molar-refractivity contribution is 0.341. The smallest absolute Gasteiger partial charge is 0.0207 e. The van der Waals surface area contributed by atoms with Crippen LogP contribution in [0.5, 0.6) is 0 Å². The Labute approximate surface area is 82.7 Å². The molecule has 0 bridgehead atoms. The third-order valence-corrected chi connectivity index (χ3v) is 3.17. The molecule has 0 aromatic rings. The van der Waals surface area contributed by atoms with Gasteiger partial charge in [-0.25, -0.2) is 0 Å². The van der Waals surface area contributed by atoms with E-state index < -0.39 is 0 Å². The second-order valence-corrected chi connectivity index (χ2v) is 4.30. The Hall–Kier alpha value is -0.0800. The molecule has 0 saturated carbocycles. The van der Waals surface area contributed by atoms with E-state index in [9.17, 15) is 0 Å². The number of hydrogen-bond acceptors (Lipinski definition) is 2. The molecule has 0 aromatic carbocycles. The molecule has 1 aliphatic heterocycles. The van der Waals surface area contributed by atoms with Gasteiger partial charge in [-0.2, -0.15) is 0 Å². The first-order chi connectivity index (χ1) is 6.26. The minimum absolute atomic E-state index is 0.758. The van der Waals surface area contributed by atoms with Gasteiger partial charge in [0.25, 0.3) is 0 Å². The van der Waals surface area contributed by atoms with Crippen molar-refractivity contribution in [2.75, 3.05) is 26.2 Å². The summed E-state index contributed by atoms with van der Waals surface area (Å²) in [5.74, 6) is 0.829. The van der Waals surface area contributed by atoms with Gasteiger partial charge in [-0.15, -0.1) is 0 Å². The Balaban J connectivity index is 2.10. The van der Waals surface area contributed by atoms with Crippen molar-refractivity contribution in [2.24, 2.45) is 5.92 Å². The number of nitrogens with zero attached hydrogens (tertiary/aromatic N) is 1. The average molecular weight is 184 g/mol. The predicted octanol–water partition coefficient (Wildman–Crippen LogP) is 1.72. The maximum atomic E-state index is 3.65. The molecule has 0 aliphatic carbocycles. The molecule has 1 aliphatic rings. The van der Waals surface area contributed by atoms with Gasteiger partial charge in [0.1, 0.15) is 0 Å². The Kier molecular flexibility index (Phi) is 4.74. The van der Waals surface area contributed by atoms with Gasteiger partial charge in [-0.1, -0.05) is 27.2 Å². The molecule has 0 radical (unpaired) electrons. The molecule has 0 amide bonds. The maximum absolute atomic E-state index is 3.65. The van der Waals surface area contributed by atoms with Gasteiger partial charge in [0.05, 0.1) is 0 Å². The summed E-state index contributed by atoms with van der Waals surface area (Å²) in [5, 5.41) is 3.65. The molecule has 1 saturated heterocycles. The summed E-state index contributed by atoms with van der Waals surface area (Å²) in [6.07, 6.45) is 2.63. The highest BCUT2D eigenvalue weighted by molar-refractivity contribution is 4.80. The maximum Gasteiger partial charge on any atom is 0.0207 e. The summed E-state index contributed by atoms with van der Waals surface area (Å²) in [5.41, 5.74) is 0. The van der Waals surface area contributed by atoms with Gasteiger partial charge in [0, 0.05) is 12.6 Å². The predicted molar refractivity (Wildman–Crippen MR) is 58.0 cm³/mol. The zero-order valence-corrected chi connectivity index (χ0v) is 9.34. The second kappa shape index (κ2) is 5.61. The zero-order chi connectivity index (χ0) is 9.68. The molecule has 78 valence electrons. The molecule has 1 heterocycles. The summed E-state index contributed by atoms with van der Waals surface area (Å²) in [4.78, 5) is 2.52. The van der Waals surface area contributed by atoms with E-state index >= 15 is 0 Å². The molecule has 2 unspecified atom stereocenters. The Morgan fingerprint density at radius 3 is 2.77 bits per heavy atom. The molecule has 0 spiro atoms. The van der Waals surface area contributed by atoms with E-state index in [0.717, 1.165) is 12.0 Å². The highest BCUT2D eigenvalue weighted by Gasteiger charge is 2.20. The fraction of sp³-hybridized carbons (Fsp3) is 1.00. The summed E-state index contributed by atoms with van der Waals surface area (Å²) < 4.78 is 0. The van der Waals surface area contributed by atoms with E-state index in [4.69, 9.17) is 0 Å². The van der Waals surface area contributed by atoms with Crippen molar-refractivity contribution in [2.45, 2.75) is 39.7 Å². The van der Waals surface area contributed by atoms with Crippen molar-refractivity contribution in [3.8, 4) is 0 Å². The minimum atomic E-state index is 0.758. The lowest BCUT2D eigenvalue weighted by atomic mass is 10.1. The molecule has 1 fully saturated rings. The van der Waals surface area contributed by atoms with Crippen LogP contribution in [0.2, 0.25) is 0 Å². The lowest BCUT2D eigenvalue weighted by Crippen LogP contribution is -2.35. The Morgan fingerprint density at radius 1 is 1.46 bits per heavy atom. The van der Waals surface area contributed by atoms with Crippen molar-refractivity contribution in [1.82, 2.24) is 10.2 Å². The van der Waals surface area contributed by atoms with Crippen molar-refractivity contribution < 1.29 is 0 Å². The molecule has 2 nitrogen and oxygen atoms in total. The van der Waals surface area contributed by atoms with Gasteiger partial charge < -0.3 is 10.2 Å². The van der Waals surface area contributed by atoms with Crippen LogP contribution in [0, 0.1) is 5.92 Å². The number of likely N-dealkylation sites (tertiary alicyclic amines) is 1. The Bertz CT molecular complexity index is 136. The third-order valence-electron chi connectivity index (χ3n) is 3.17. The summed E-state index contributed by atoms with van der Waals surface area (Å²) in [7, 11) is 0. The van der Waals surface area contributed by atoms with E-state index in [0.29, 0.717) is 0 Å². The summed E-state index contributed by atoms with van der Waals surface area (Å²) >= 11 is 0. The van der Waals surface area contributed by atoms with E-state index in [1.54, 1.807) is 0 Å². The minimum Gasteiger partial charge on any atom is -0.312 e. The SMILES string of the molecule is CCC(C)CNC1CCN(CC)C1. The first-order valence-corrected chi connectivity index (χ1v) is 5.72. The fourth-order valence-electron chi connectivity index (χ4n) is 1.80. The van der Waals surface area contributed by atoms with E-state index in [1.165, 1.54) is 39.0 Å². The van der Waals surface area contributed by atoms with Gasteiger partial charge in [-0.05, 0) is 32.0 Å². The average Bonchev–Trinajstić information content (AvgIpc) is 2.61. The highest BCUT2D eigenvalue weighted by Crippen LogP contribution is 2.09. The molecule has 1 N–H and O–H groups in total. The highest BCUT2D eigenvalue weighted by atomic mass is 15.2. The molecular formula is C11H24N2. The number of rotatable bonds is 5. The quantitative estimate of drug-likeness (QED) is 0.700. The third kappa shape index (κ3) is 3.65. The first kappa shape index (κ1) is 11.0. The molecule has 0 aromatic heterocycles. The fourth-order valence-corrected chi connectivity index (χ4v) is 1.80. The summed E-state index contributed by atoms with van der Waals surface area (Å²) in [6.45, 7) is 11.8. The monoisotopic (exact) mass is 184 g/mol. The molecular weight excluding hydrogens is 160 g/mol. The standard InChI is InChI=1S/C11H24N2/c1-4-10(3)8-12-11-6-7-13(5-2)9-11/h10-12H,4-9H2,1-3H3. The van der Waals surface area contributed by atoms with E-state index in [2.05, 4.69) is 31.0 Å². The molecule has 1 rings (SSSR count). The second-order valence-electron chi connectivity index (χ2n) is 4.30. The van der Waals surface area contributed by atoms with Crippen molar-refractivity contribution in [3.63, 3.8) is 0 Å². The Morgan fingerprint density at radius 2 is 2.23 bits per heavy atom. The largest absolute Gasteiger partial charge is 0.312 e.